The summed E-state index contributed by atoms with van der Waals surface area (Å²) in [6.45, 7) is 1.82. The molecule has 0 saturated carbocycles. The van der Waals surface area contributed by atoms with Gasteiger partial charge in [-0.05, 0) is 42.8 Å². The van der Waals surface area contributed by atoms with E-state index in [1.54, 1.807) is 6.07 Å². The van der Waals surface area contributed by atoms with Crippen LogP contribution < -0.4 is 5.32 Å². The first-order valence-corrected chi connectivity index (χ1v) is 9.27. The Balaban J connectivity index is 2.15. The topological polar surface area (TPSA) is 75.7 Å². The maximum absolute atomic E-state index is 12.4. The first-order valence-electron chi connectivity index (χ1n) is 7.45. The number of hydrogen-bond acceptors (Lipinski definition) is 4. The van der Waals surface area contributed by atoms with E-state index in [9.17, 15) is 13.2 Å². The van der Waals surface area contributed by atoms with Gasteiger partial charge < -0.3 is 5.32 Å². The number of carbonyl (C=O) groups excluding carboxylic acids is 1. The van der Waals surface area contributed by atoms with Crippen LogP contribution in [0.1, 0.15) is 28.9 Å². The molecule has 1 atom stereocenters. The van der Waals surface area contributed by atoms with Crippen LogP contribution in [-0.2, 0) is 14.9 Å². The number of nitrogens with one attached hydrogen (secondary N) is 1. The van der Waals surface area contributed by atoms with Crippen molar-refractivity contribution in [3.05, 3.63) is 64.7 Å². The van der Waals surface area contributed by atoms with Crippen molar-refractivity contribution in [3.63, 3.8) is 0 Å². The predicted octanol–water partition coefficient (Wildman–Crippen LogP) is 3.01. The molecule has 0 aliphatic carbocycles. The summed E-state index contributed by atoms with van der Waals surface area (Å²) in [5.41, 5.74) is 1.15. The highest BCUT2D eigenvalue weighted by Gasteiger charge is 2.21. The standard InChI is InChI=1S/C17H19ClN2O4S/c1-12(15-6-4-5-7-16(15)18)19-17(21)13-8-10-14(11-9-13)25(22,23)20(2)24-3/h4-12H,1-3H3,(H,19,21)/t12-/m0/s1. The average molecular weight is 383 g/mol. The third kappa shape index (κ3) is 4.38. The zero-order chi connectivity index (χ0) is 18.6. The minimum Gasteiger partial charge on any atom is -0.345 e. The smallest absolute Gasteiger partial charge is 0.264 e. The minimum atomic E-state index is -3.74. The van der Waals surface area contributed by atoms with Crippen molar-refractivity contribution in [2.75, 3.05) is 14.2 Å². The van der Waals surface area contributed by atoms with Crippen molar-refractivity contribution in [2.24, 2.45) is 0 Å². The van der Waals surface area contributed by atoms with Crippen LogP contribution in [-0.4, -0.2) is 33.0 Å². The van der Waals surface area contributed by atoms with Gasteiger partial charge in [0.1, 0.15) is 0 Å². The average Bonchev–Trinajstić information content (AvgIpc) is 2.61. The fourth-order valence-electron chi connectivity index (χ4n) is 2.21. The zero-order valence-corrected chi connectivity index (χ0v) is 15.6. The summed E-state index contributed by atoms with van der Waals surface area (Å²) < 4.78 is 25.0. The highest BCUT2D eigenvalue weighted by atomic mass is 35.5. The lowest BCUT2D eigenvalue weighted by molar-refractivity contribution is -0.0258. The normalized spacial score (nSPS) is 12.8. The number of hydroxylamine groups is 1. The van der Waals surface area contributed by atoms with Gasteiger partial charge in [0.25, 0.3) is 15.9 Å². The van der Waals surface area contributed by atoms with Crippen LogP contribution in [0.3, 0.4) is 0 Å². The molecule has 2 rings (SSSR count). The summed E-state index contributed by atoms with van der Waals surface area (Å²) in [7, 11) is -1.19. The lowest BCUT2D eigenvalue weighted by Gasteiger charge is -2.16. The van der Waals surface area contributed by atoms with Crippen molar-refractivity contribution in [1.82, 2.24) is 9.79 Å². The molecule has 0 unspecified atom stereocenters. The highest BCUT2D eigenvalue weighted by molar-refractivity contribution is 7.89. The van der Waals surface area contributed by atoms with Crippen LogP contribution in [0.4, 0.5) is 0 Å². The lowest BCUT2D eigenvalue weighted by Crippen LogP contribution is -2.27. The maximum Gasteiger partial charge on any atom is 0.264 e. The molecule has 0 aromatic heterocycles. The summed E-state index contributed by atoms with van der Waals surface area (Å²) in [4.78, 5) is 17.1. The summed E-state index contributed by atoms with van der Waals surface area (Å²) >= 11 is 6.13. The number of sulfonamides is 1. The second-order valence-electron chi connectivity index (χ2n) is 5.34. The van der Waals surface area contributed by atoms with Crippen LogP contribution in [0.2, 0.25) is 5.02 Å². The fourth-order valence-corrected chi connectivity index (χ4v) is 3.48. The maximum atomic E-state index is 12.4. The molecule has 0 bridgehead atoms. The monoisotopic (exact) mass is 382 g/mol. The summed E-state index contributed by atoms with van der Waals surface area (Å²) in [6.07, 6.45) is 0. The van der Waals surface area contributed by atoms with Crippen molar-refractivity contribution >= 4 is 27.5 Å². The molecule has 0 aliphatic rings. The summed E-state index contributed by atoms with van der Waals surface area (Å²) in [5.74, 6) is -0.323. The quantitative estimate of drug-likeness (QED) is 0.779. The third-order valence-corrected chi connectivity index (χ3v) is 5.77. The number of halogens is 1. The molecule has 0 heterocycles. The van der Waals surface area contributed by atoms with Gasteiger partial charge in [-0.3, -0.25) is 9.63 Å². The molecule has 2 aromatic rings. The SMILES string of the molecule is CON(C)S(=O)(=O)c1ccc(C(=O)N[C@@H](C)c2ccccc2Cl)cc1. The van der Waals surface area contributed by atoms with Crippen LogP contribution in [0.5, 0.6) is 0 Å². The van der Waals surface area contributed by atoms with Gasteiger partial charge >= 0.3 is 0 Å². The van der Waals surface area contributed by atoms with Gasteiger partial charge in [0.2, 0.25) is 0 Å². The Morgan fingerprint density at radius 2 is 1.76 bits per heavy atom. The first-order chi connectivity index (χ1) is 11.8. The minimum absolute atomic E-state index is 0.0348. The van der Waals surface area contributed by atoms with E-state index in [0.29, 0.717) is 10.6 Å². The van der Waals surface area contributed by atoms with Gasteiger partial charge in [-0.2, -0.15) is 0 Å². The molecule has 2 aromatic carbocycles. The molecule has 25 heavy (non-hydrogen) atoms. The van der Waals surface area contributed by atoms with Crippen LogP contribution in [0, 0.1) is 0 Å². The molecule has 6 nitrogen and oxygen atoms in total. The van der Waals surface area contributed by atoms with Crippen molar-refractivity contribution in [3.8, 4) is 0 Å². The second kappa shape index (κ2) is 7.97. The molecule has 0 saturated heterocycles. The largest absolute Gasteiger partial charge is 0.345 e. The summed E-state index contributed by atoms with van der Waals surface area (Å²) in [5, 5.41) is 3.41. The van der Waals surface area contributed by atoms with E-state index < -0.39 is 10.0 Å². The lowest BCUT2D eigenvalue weighted by atomic mass is 10.1. The molecule has 0 aliphatic heterocycles. The van der Waals surface area contributed by atoms with E-state index in [2.05, 4.69) is 5.32 Å². The first kappa shape index (κ1) is 19.4. The van der Waals surface area contributed by atoms with Crippen molar-refractivity contribution in [2.45, 2.75) is 17.9 Å². The number of carbonyl (C=O) groups is 1. The molecular formula is C17H19ClN2O4S. The van der Waals surface area contributed by atoms with Gasteiger partial charge in [0, 0.05) is 17.6 Å². The Labute approximate surface area is 152 Å². The second-order valence-corrected chi connectivity index (χ2v) is 7.68. The third-order valence-electron chi connectivity index (χ3n) is 3.73. The van der Waals surface area contributed by atoms with Crippen LogP contribution >= 0.6 is 11.6 Å². The van der Waals surface area contributed by atoms with Crippen molar-refractivity contribution < 1.29 is 18.0 Å². The molecular weight excluding hydrogens is 364 g/mol. The Bertz CT molecular complexity index is 853. The fraction of sp³-hybridized carbons (Fsp3) is 0.235. The van der Waals surface area contributed by atoms with Crippen LogP contribution in [0.25, 0.3) is 0 Å². The van der Waals surface area contributed by atoms with E-state index in [4.69, 9.17) is 16.4 Å². The Morgan fingerprint density at radius 1 is 1.16 bits per heavy atom. The van der Waals surface area contributed by atoms with Gasteiger partial charge in [-0.25, -0.2) is 8.42 Å². The number of rotatable bonds is 6. The molecule has 8 heteroatoms. The van der Waals surface area contributed by atoms with E-state index in [1.807, 2.05) is 25.1 Å². The number of nitrogens with zero attached hydrogens (tertiary/aromatic N) is 1. The van der Waals surface area contributed by atoms with Crippen molar-refractivity contribution in [1.29, 1.82) is 0 Å². The van der Waals surface area contributed by atoms with Gasteiger partial charge in [-0.1, -0.05) is 34.3 Å². The molecule has 1 N–H and O–H groups in total. The molecule has 1 amide bonds. The Morgan fingerprint density at radius 3 is 2.32 bits per heavy atom. The number of amides is 1. The van der Waals surface area contributed by atoms with Gasteiger partial charge in [-0.15, -0.1) is 0 Å². The zero-order valence-electron chi connectivity index (χ0n) is 14.1. The number of hydrogen-bond donors (Lipinski definition) is 1. The summed E-state index contributed by atoms with van der Waals surface area (Å²) in [6, 6.07) is 12.6. The van der Waals surface area contributed by atoms with Crippen LogP contribution in [0.15, 0.2) is 53.4 Å². The molecule has 0 fully saturated rings. The highest BCUT2D eigenvalue weighted by Crippen LogP contribution is 2.22. The molecule has 134 valence electrons. The van der Waals surface area contributed by atoms with Gasteiger partial charge in [0.15, 0.2) is 0 Å². The van der Waals surface area contributed by atoms with E-state index in [-0.39, 0.29) is 16.8 Å². The molecule has 0 radical (unpaired) electrons. The Hall–Kier alpha value is -1.93. The van der Waals surface area contributed by atoms with E-state index in [0.717, 1.165) is 10.0 Å². The van der Waals surface area contributed by atoms with Gasteiger partial charge in [0.05, 0.1) is 18.0 Å². The molecule has 0 spiro atoms. The Kier molecular flexibility index (Phi) is 6.18. The predicted molar refractivity (Wildman–Crippen MR) is 95.7 cm³/mol. The van der Waals surface area contributed by atoms with E-state index >= 15 is 0 Å². The number of benzene rings is 2. The van der Waals surface area contributed by atoms with E-state index in [1.165, 1.54) is 38.4 Å².